The Bertz CT molecular complexity index is 805. The molecule has 26 heavy (non-hydrogen) atoms. The molecule has 0 saturated carbocycles. The zero-order chi connectivity index (χ0) is 19.5. The first-order chi connectivity index (χ1) is 12.3. The minimum absolute atomic E-state index is 0.0156. The van der Waals surface area contributed by atoms with Crippen molar-refractivity contribution in [2.45, 2.75) is 24.9 Å². The number of carbonyl (C=O) groups is 2. The number of aromatic hydroxyl groups is 1. The van der Waals surface area contributed by atoms with Crippen molar-refractivity contribution in [3.63, 3.8) is 0 Å². The summed E-state index contributed by atoms with van der Waals surface area (Å²) in [6.45, 7) is 5.11. The Hall–Kier alpha value is -2.86. The van der Waals surface area contributed by atoms with Gasteiger partial charge in [0, 0.05) is 24.0 Å². The molecular formula is C20H22O6. The fourth-order valence-electron chi connectivity index (χ4n) is 3.07. The van der Waals surface area contributed by atoms with Crippen LogP contribution in [0.2, 0.25) is 0 Å². The Morgan fingerprint density at radius 2 is 2.04 bits per heavy atom. The quantitative estimate of drug-likeness (QED) is 0.727. The number of aliphatic hydroxyl groups is 1. The molecule has 1 aliphatic rings. The maximum absolute atomic E-state index is 12.6. The van der Waals surface area contributed by atoms with E-state index in [0.717, 1.165) is 0 Å². The lowest BCUT2D eigenvalue weighted by molar-refractivity contribution is -0.121. The van der Waals surface area contributed by atoms with Gasteiger partial charge < -0.3 is 19.7 Å². The Morgan fingerprint density at radius 1 is 1.35 bits per heavy atom. The van der Waals surface area contributed by atoms with Crippen molar-refractivity contribution in [1.29, 1.82) is 0 Å². The van der Waals surface area contributed by atoms with E-state index in [-0.39, 0.29) is 35.1 Å². The molecule has 0 radical (unpaired) electrons. The fraction of sp³-hybridized carbons (Fsp3) is 0.300. The lowest BCUT2D eigenvalue weighted by atomic mass is 9.79. The van der Waals surface area contributed by atoms with Crippen LogP contribution in [0.25, 0.3) is 0 Å². The average Bonchev–Trinajstić information content (AvgIpc) is 2.57. The van der Waals surface area contributed by atoms with Crippen LogP contribution in [0.3, 0.4) is 0 Å². The molecule has 0 bridgehead atoms. The normalized spacial score (nSPS) is 20.7. The molecule has 0 spiro atoms. The number of benzene rings is 1. The number of hydrogen-bond acceptors (Lipinski definition) is 6. The van der Waals surface area contributed by atoms with Gasteiger partial charge in [-0.2, -0.15) is 0 Å². The lowest BCUT2D eigenvalue weighted by Crippen LogP contribution is -2.37. The van der Waals surface area contributed by atoms with E-state index in [4.69, 9.17) is 9.47 Å². The van der Waals surface area contributed by atoms with Crippen LogP contribution in [0.5, 0.6) is 11.5 Å². The van der Waals surface area contributed by atoms with Crippen molar-refractivity contribution < 1.29 is 29.3 Å². The van der Waals surface area contributed by atoms with Gasteiger partial charge in [-0.1, -0.05) is 12.1 Å². The third kappa shape index (κ3) is 3.70. The van der Waals surface area contributed by atoms with E-state index in [9.17, 15) is 19.8 Å². The summed E-state index contributed by atoms with van der Waals surface area (Å²) in [6.07, 6.45) is 3.83. The number of ether oxygens (including phenoxy) is 2. The molecule has 1 aromatic carbocycles. The first kappa shape index (κ1) is 19.5. The summed E-state index contributed by atoms with van der Waals surface area (Å²) >= 11 is 0. The number of ketones is 2. The minimum atomic E-state index is -1.71. The largest absolute Gasteiger partial charge is 0.504 e. The molecule has 0 aromatic heterocycles. The minimum Gasteiger partial charge on any atom is -0.504 e. The highest BCUT2D eigenvalue weighted by molar-refractivity contribution is 6.07. The van der Waals surface area contributed by atoms with Crippen molar-refractivity contribution >= 4 is 11.6 Å². The van der Waals surface area contributed by atoms with E-state index < -0.39 is 11.5 Å². The molecule has 6 nitrogen and oxygen atoms in total. The summed E-state index contributed by atoms with van der Waals surface area (Å²) in [7, 11) is 2.77. The molecule has 1 aliphatic carbocycles. The Labute approximate surface area is 152 Å². The smallest absolute Gasteiger partial charge is 0.186 e. The van der Waals surface area contributed by atoms with Crippen LogP contribution in [0, 0.1) is 0 Å². The summed E-state index contributed by atoms with van der Waals surface area (Å²) in [4.78, 5) is 24.1. The molecule has 0 heterocycles. The predicted molar refractivity (Wildman–Crippen MR) is 96.0 cm³/mol. The lowest BCUT2D eigenvalue weighted by Gasteiger charge is -2.31. The first-order valence-electron chi connectivity index (χ1n) is 8.00. The van der Waals surface area contributed by atoms with Gasteiger partial charge in [0.2, 0.25) is 0 Å². The van der Waals surface area contributed by atoms with Gasteiger partial charge in [0.05, 0.1) is 14.2 Å². The van der Waals surface area contributed by atoms with Crippen LogP contribution in [-0.2, 0) is 14.3 Å². The number of Topliss-reactive ketones (excluding diaryl/α,β-unsaturated/α-hetero) is 1. The summed E-state index contributed by atoms with van der Waals surface area (Å²) in [6, 6.07) is 4.74. The molecule has 2 atom stereocenters. The van der Waals surface area contributed by atoms with E-state index in [2.05, 4.69) is 6.58 Å². The third-order valence-electron chi connectivity index (χ3n) is 4.24. The van der Waals surface area contributed by atoms with Crippen LogP contribution in [-0.4, -0.2) is 41.6 Å². The molecule has 0 aliphatic heterocycles. The van der Waals surface area contributed by atoms with E-state index in [1.807, 2.05) is 0 Å². The fourth-order valence-corrected chi connectivity index (χ4v) is 3.07. The zero-order valence-corrected chi connectivity index (χ0v) is 15.0. The van der Waals surface area contributed by atoms with Gasteiger partial charge in [0.1, 0.15) is 17.1 Å². The number of rotatable bonds is 7. The molecule has 138 valence electrons. The summed E-state index contributed by atoms with van der Waals surface area (Å²) in [5, 5.41) is 20.9. The monoisotopic (exact) mass is 358 g/mol. The Morgan fingerprint density at radius 3 is 2.54 bits per heavy atom. The van der Waals surface area contributed by atoms with Gasteiger partial charge in [-0.3, -0.25) is 9.59 Å². The second-order valence-electron chi connectivity index (χ2n) is 6.12. The Balaban J connectivity index is 2.52. The van der Waals surface area contributed by atoms with E-state index >= 15 is 0 Å². The molecule has 1 aromatic rings. The number of allylic oxidation sites excluding steroid dienone is 3. The maximum Gasteiger partial charge on any atom is 0.186 e. The molecule has 2 rings (SSSR count). The molecule has 6 heteroatoms. The van der Waals surface area contributed by atoms with Crippen LogP contribution in [0.4, 0.5) is 0 Å². The molecular weight excluding hydrogens is 336 g/mol. The molecule has 0 fully saturated rings. The van der Waals surface area contributed by atoms with Crippen LogP contribution in [0.15, 0.2) is 54.3 Å². The van der Waals surface area contributed by atoms with Gasteiger partial charge >= 0.3 is 0 Å². The Kier molecular flexibility index (Phi) is 5.67. The van der Waals surface area contributed by atoms with E-state index in [1.54, 1.807) is 12.1 Å². The SMILES string of the molecule is C=C[C@H](C1=CC(O)(CC(C)=O)C(OC)=CC1=O)c1ccc(OC)c(O)c1. The average molecular weight is 358 g/mol. The summed E-state index contributed by atoms with van der Waals surface area (Å²) in [5.41, 5.74) is -0.869. The number of carbonyl (C=O) groups excluding carboxylic acids is 2. The second-order valence-corrected chi connectivity index (χ2v) is 6.12. The maximum atomic E-state index is 12.6. The zero-order valence-electron chi connectivity index (χ0n) is 15.0. The highest BCUT2D eigenvalue weighted by Gasteiger charge is 2.39. The first-order valence-corrected chi connectivity index (χ1v) is 8.00. The predicted octanol–water partition coefficient (Wildman–Crippen LogP) is 2.42. The summed E-state index contributed by atoms with van der Waals surface area (Å²) in [5.74, 6) is -0.967. The van der Waals surface area contributed by atoms with Crippen molar-refractivity contribution in [1.82, 2.24) is 0 Å². The van der Waals surface area contributed by atoms with Crippen molar-refractivity contribution in [3.8, 4) is 11.5 Å². The molecule has 0 saturated heterocycles. The van der Waals surface area contributed by atoms with Crippen molar-refractivity contribution in [2.75, 3.05) is 14.2 Å². The van der Waals surface area contributed by atoms with E-state index in [1.165, 1.54) is 45.4 Å². The summed E-state index contributed by atoms with van der Waals surface area (Å²) < 4.78 is 10.1. The molecule has 2 N–H and O–H groups in total. The van der Waals surface area contributed by atoms with Crippen molar-refractivity contribution in [2.24, 2.45) is 0 Å². The van der Waals surface area contributed by atoms with Crippen LogP contribution < -0.4 is 4.74 Å². The number of methoxy groups -OCH3 is 2. The number of phenolic OH excluding ortho intramolecular Hbond substituents is 1. The van der Waals surface area contributed by atoms with Gasteiger partial charge in [0.25, 0.3) is 0 Å². The van der Waals surface area contributed by atoms with Gasteiger partial charge in [-0.05, 0) is 30.7 Å². The third-order valence-corrected chi connectivity index (χ3v) is 4.24. The standard InChI is InChI=1S/C20H22O6/c1-5-14(13-6-7-18(25-3)17(23)8-13)15-11-20(24,10-12(2)21)19(26-4)9-16(15)22/h5-9,11,14,23-24H,1,10H2,2-4H3/t14-,20?/m0/s1. The van der Waals surface area contributed by atoms with E-state index in [0.29, 0.717) is 11.3 Å². The second kappa shape index (κ2) is 7.58. The van der Waals surface area contributed by atoms with Gasteiger partial charge in [-0.25, -0.2) is 0 Å². The molecule has 1 unspecified atom stereocenters. The number of phenols is 1. The topological polar surface area (TPSA) is 93.1 Å². The highest BCUT2D eigenvalue weighted by atomic mass is 16.5. The van der Waals surface area contributed by atoms with Crippen molar-refractivity contribution in [3.05, 3.63) is 59.9 Å². The number of hydrogen-bond donors (Lipinski definition) is 2. The highest BCUT2D eigenvalue weighted by Crippen LogP contribution is 2.38. The van der Waals surface area contributed by atoms with Gasteiger partial charge in [-0.15, -0.1) is 6.58 Å². The molecule has 0 amide bonds. The van der Waals surface area contributed by atoms with Crippen LogP contribution in [0.1, 0.15) is 24.8 Å². The van der Waals surface area contributed by atoms with Gasteiger partial charge in [0.15, 0.2) is 17.3 Å². The van der Waals surface area contributed by atoms with Crippen LogP contribution >= 0.6 is 0 Å².